The Morgan fingerprint density at radius 3 is 2.84 bits per heavy atom. The van der Waals surface area contributed by atoms with Gasteiger partial charge in [0.05, 0.1) is 25.3 Å². The molecule has 1 rings (SSSR count). The first-order valence-corrected chi connectivity index (χ1v) is 6.16. The summed E-state index contributed by atoms with van der Waals surface area (Å²) >= 11 is 0. The zero-order valence-electron chi connectivity index (χ0n) is 11.1. The van der Waals surface area contributed by atoms with E-state index in [1.807, 2.05) is 6.92 Å². The van der Waals surface area contributed by atoms with Crippen LogP contribution in [0.2, 0.25) is 0 Å². The molecule has 106 valence electrons. The topological polar surface area (TPSA) is 88.8 Å². The van der Waals surface area contributed by atoms with Gasteiger partial charge in [-0.05, 0) is 12.5 Å². The van der Waals surface area contributed by atoms with Crippen molar-refractivity contribution < 1.29 is 23.8 Å². The third-order valence-electron chi connectivity index (χ3n) is 2.67. The molecular formula is C13H19NO5. The highest BCUT2D eigenvalue weighted by atomic mass is 16.5. The van der Waals surface area contributed by atoms with Crippen LogP contribution in [0, 0.1) is 0 Å². The molecule has 1 amide bonds. The average molecular weight is 269 g/mol. The van der Waals surface area contributed by atoms with Crippen LogP contribution >= 0.6 is 0 Å². The lowest BCUT2D eigenvalue weighted by molar-refractivity contribution is -0.121. The van der Waals surface area contributed by atoms with Crippen molar-refractivity contribution in [2.75, 3.05) is 13.7 Å². The van der Waals surface area contributed by atoms with Gasteiger partial charge in [-0.3, -0.25) is 4.79 Å². The maximum Gasteiger partial charge on any atom is 0.339 e. The standard InChI is InChI=1S/C13H19NO5/c1-3-4-9(8-18-2)14-12(15)7-11-10(13(16)17)5-6-19-11/h5-6,9H,3-4,7-8H2,1-2H3,(H,14,15)(H,16,17). The number of rotatable bonds is 8. The molecule has 1 aromatic rings. The van der Waals surface area contributed by atoms with Gasteiger partial charge in [-0.15, -0.1) is 0 Å². The van der Waals surface area contributed by atoms with E-state index < -0.39 is 5.97 Å². The fraction of sp³-hybridized carbons (Fsp3) is 0.538. The van der Waals surface area contributed by atoms with Gasteiger partial charge in [0, 0.05) is 7.11 Å². The van der Waals surface area contributed by atoms with Crippen molar-refractivity contribution in [2.45, 2.75) is 32.2 Å². The molecule has 0 saturated heterocycles. The molecule has 6 nitrogen and oxygen atoms in total. The Morgan fingerprint density at radius 1 is 1.53 bits per heavy atom. The van der Waals surface area contributed by atoms with Crippen molar-refractivity contribution in [2.24, 2.45) is 0 Å². The van der Waals surface area contributed by atoms with Gasteiger partial charge in [-0.2, -0.15) is 0 Å². The smallest absolute Gasteiger partial charge is 0.339 e. The number of nitrogens with one attached hydrogen (secondary N) is 1. The van der Waals surface area contributed by atoms with Crippen LogP contribution in [0.1, 0.15) is 35.9 Å². The van der Waals surface area contributed by atoms with Gasteiger partial charge in [-0.1, -0.05) is 13.3 Å². The van der Waals surface area contributed by atoms with Gasteiger partial charge in [0.2, 0.25) is 5.91 Å². The third kappa shape index (κ3) is 4.75. The number of amides is 1. The number of aromatic carboxylic acids is 1. The monoisotopic (exact) mass is 269 g/mol. The molecule has 1 aromatic heterocycles. The van der Waals surface area contributed by atoms with Gasteiger partial charge < -0.3 is 19.6 Å². The van der Waals surface area contributed by atoms with Crippen LogP contribution in [0.4, 0.5) is 0 Å². The Hall–Kier alpha value is -1.82. The first-order valence-electron chi connectivity index (χ1n) is 6.16. The van der Waals surface area contributed by atoms with E-state index in [1.54, 1.807) is 7.11 Å². The summed E-state index contributed by atoms with van der Waals surface area (Å²) in [6, 6.07) is 1.27. The molecule has 19 heavy (non-hydrogen) atoms. The van der Waals surface area contributed by atoms with Crippen molar-refractivity contribution in [1.82, 2.24) is 5.32 Å². The van der Waals surface area contributed by atoms with E-state index in [2.05, 4.69) is 5.32 Å². The zero-order chi connectivity index (χ0) is 14.3. The van der Waals surface area contributed by atoms with E-state index in [0.29, 0.717) is 6.61 Å². The van der Waals surface area contributed by atoms with Gasteiger partial charge in [0.25, 0.3) is 0 Å². The molecule has 0 aliphatic carbocycles. The summed E-state index contributed by atoms with van der Waals surface area (Å²) < 4.78 is 10.0. The van der Waals surface area contributed by atoms with E-state index in [-0.39, 0.29) is 29.7 Å². The fourth-order valence-electron chi connectivity index (χ4n) is 1.84. The molecule has 0 fully saturated rings. The van der Waals surface area contributed by atoms with Gasteiger partial charge in [-0.25, -0.2) is 4.79 Å². The summed E-state index contributed by atoms with van der Waals surface area (Å²) in [4.78, 5) is 22.7. The Kier molecular flexibility index (Phi) is 6.08. The molecule has 6 heteroatoms. The quantitative estimate of drug-likeness (QED) is 0.745. The number of hydrogen-bond acceptors (Lipinski definition) is 4. The zero-order valence-corrected chi connectivity index (χ0v) is 11.1. The number of carbonyl (C=O) groups is 2. The van der Waals surface area contributed by atoms with Crippen LogP contribution in [-0.4, -0.2) is 36.7 Å². The Morgan fingerprint density at radius 2 is 2.26 bits per heavy atom. The maximum atomic E-state index is 11.8. The summed E-state index contributed by atoms with van der Waals surface area (Å²) in [5, 5.41) is 11.7. The SMILES string of the molecule is CCCC(COC)NC(=O)Cc1occc1C(=O)O. The van der Waals surface area contributed by atoms with Crippen molar-refractivity contribution >= 4 is 11.9 Å². The summed E-state index contributed by atoms with van der Waals surface area (Å²) in [7, 11) is 1.57. The Labute approximate surface area is 111 Å². The second-order valence-corrected chi connectivity index (χ2v) is 4.25. The Balaban J connectivity index is 2.58. The number of carboxylic acids is 1. The largest absolute Gasteiger partial charge is 0.478 e. The van der Waals surface area contributed by atoms with Crippen LogP contribution in [-0.2, 0) is 16.0 Å². The lowest BCUT2D eigenvalue weighted by Crippen LogP contribution is -2.38. The van der Waals surface area contributed by atoms with Crippen LogP contribution in [0.25, 0.3) is 0 Å². The summed E-state index contributed by atoms with van der Waals surface area (Å²) in [6.07, 6.45) is 2.92. The second-order valence-electron chi connectivity index (χ2n) is 4.25. The minimum atomic E-state index is -1.10. The lowest BCUT2D eigenvalue weighted by Gasteiger charge is -2.16. The highest BCUT2D eigenvalue weighted by Crippen LogP contribution is 2.11. The number of carbonyl (C=O) groups excluding carboxylic acids is 1. The molecule has 0 radical (unpaired) electrons. The number of methoxy groups -OCH3 is 1. The first kappa shape index (κ1) is 15.2. The number of carboxylic acid groups (broad SMARTS) is 1. The van der Waals surface area contributed by atoms with Crippen LogP contribution in [0.15, 0.2) is 16.7 Å². The van der Waals surface area contributed by atoms with E-state index in [0.717, 1.165) is 12.8 Å². The number of hydrogen-bond donors (Lipinski definition) is 2. The van der Waals surface area contributed by atoms with Crippen molar-refractivity contribution in [3.8, 4) is 0 Å². The average Bonchev–Trinajstić information content (AvgIpc) is 2.77. The van der Waals surface area contributed by atoms with Gasteiger partial charge >= 0.3 is 5.97 Å². The molecule has 0 aliphatic rings. The first-order chi connectivity index (χ1) is 9.08. The van der Waals surface area contributed by atoms with E-state index in [4.69, 9.17) is 14.3 Å². The predicted molar refractivity (Wildman–Crippen MR) is 68.1 cm³/mol. The van der Waals surface area contributed by atoms with Crippen LogP contribution in [0.5, 0.6) is 0 Å². The number of ether oxygens (including phenoxy) is 1. The summed E-state index contributed by atoms with van der Waals surface area (Å²) in [5.74, 6) is -1.20. The summed E-state index contributed by atoms with van der Waals surface area (Å²) in [6.45, 7) is 2.45. The fourth-order valence-corrected chi connectivity index (χ4v) is 1.84. The molecule has 1 heterocycles. The second kappa shape index (κ2) is 7.58. The molecule has 0 spiro atoms. The highest BCUT2D eigenvalue weighted by molar-refractivity contribution is 5.90. The van der Waals surface area contributed by atoms with Crippen molar-refractivity contribution in [3.63, 3.8) is 0 Å². The lowest BCUT2D eigenvalue weighted by atomic mass is 10.1. The van der Waals surface area contributed by atoms with E-state index >= 15 is 0 Å². The number of furan rings is 1. The minimum absolute atomic E-state index is 0.0222. The van der Waals surface area contributed by atoms with Crippen LogP contribution < -0.4 is 5.32 Å². The molecule has 1 unspecified atom stereocenters. The summed E-state index contributed by atoms with van der Waals surface area (Å²) in [5.41, 5.74) is 0.0222. The van der Waals surface area contributed by atoms with Crippen molar-refractivity contribution in [3.05, 3.63) is 23.7 Å². The van der Waals surface area contributed by atoms with E-state index in [1.165, 1.54) is 12.3 Å². The highest BCUT2D eigenvalue weighted by Gasteiger charge is 2.18. The predicted octanol–water partition coefficient (Wildman–Crippen LogP) is 1.45. The van der Waals surface area contributed by atoms with Crippen molar-refractivity contribution in [1.29, 1.82) is 0 Å². The molecule has 0 bridgehead atoms. The maximum absolute atomic E-state index is 11.8. The molecule has 2 N–H and O–H groups in total. The Bertz CT molecular complexity index is 420. The van der Waals surface area contributed by atoms with Gasteiger partial charge in [0.1, 0.15) is 11.3 Å². The molecule has 1 atom stereocenters. The molecule has 0 aromatic carbocycles. The van der Waals surface area contributed by atoms with Gasteiger partial charge in [0.15, 0.2) is 0 Å². The molecule has 0 saturated carbocycles. The minimum Gasteiger partial charge on any atom is -0.478 e. The third-order valence-corrected chi connectivity index (χ3v) is 2.67. The molecular weight excluding hydrogens is 250 g/mol. The van der Waals surface area contributed by atoms with E-state index in [9.17, 15) is 9.59 Å². The normalized spacial score (nSPS) is 12.1. The van der Waals surface area contributed by atoms with Crippen LogP contribution in [0.3, 0.4) is 0 Å². The molecule has 0 aliphatic heterocycles.